The third-order valence-electron chi connectivity index (χ3n) is 2.46. The van der Waals surface area contributed by atoms with Crippen molar-refractivity contribution >= 4 is 47.8 Å². The zero-order valence-corrected chi connectivity index (χ0v) is 14.4. The van der Waals surface area contributed by atoms with E-state index in [1.165, 1.54) is 0 Å². The predicted molar refractivity (Wildman–Crippen MR) is 82.5 cm³/mol. The third-order valence-corrected chi connectivity index (χ3v) is 4.59. The molecule has 0 saturated carbocycles. The van der Waals surface area contributed by atoms with E-state index in [-0.39, 0.29) is 4.83 Å². The fourth-order valence-electron chi connectivity index (χ4n) is 1.66. The Balaban J connectivity index is 2.43. The smallest absolute Gasteiger partial charge is 0.173 e. The molecule has 1 aromatic carbocycles. The van der Waals surface area contributed by atoms with E-state index < -0.39 is 0 Å². The summed E-state index contributed by atoms with van der Waals surface area (Å²) in [6.07, 6.45) is 1.66. The van der Waals surface area contributed by atoms with Gasteiger partial charge in [-0.25, -0.2) is 0 Å². The normalized spacial score (nSPS) is 12.4. The van der Waals surface area contributed by atoms with Gasteiger partial charge in [-0.15, -0.1) is 0 Å². The van der Waals surface area contributed by atoms with E-state index in [4.69, 9.17) is 9.15 Å². The zero-order valence-electron chi connectivity index (χ0n) is 9.62. The molecule has 0 amide bonds. The first-order valence-electron chi connectivity index (χ1n) is 5.42. The van der Waals surface area contributed by atoms with Crippen LogP contribution in [0.4, 0.5) is 0 Å². The summed E-state index contributed by atoms with van der Waals surface area (Å²) in [4.78, 5) is 0.0182. The van der Waals surface area contributed by atoms with Crippen LogP contribution in [0.5, 0.6) is 5.75 Å². The van der Waals surface area contributed by atoms with Gasteiger partial charge in [-0.3, -0.25) is 0 Å². The number of benzene rings is 1. The zero-order chi connectivity index (χ0) is 13.1. The van der Waals surface area contributed by atoms with Crippen LogP contribution >= 0.6 is 47.8 Å². The van der Waals surface area contributed by atoms with E-state index in [9.17, 15) is 0 Å². The summed E-state index contributed by atoms with van der Waals surface area (Å²) in [6, 6.07) is 7.91. The van der Waals surface area contributed by atoms with Crippen molar-refractivity contribution in [1.29, 1.82) is 0 Å². The van der Waals surface area contributed by atoms with Gasteiger partial charge in [-0.2, -0.15) is 0 Å². The van der Waals surface area contributed by atoms with Crippen molar-refractivity contribution in [3.05, 3.63) is 50.8 Å². The standard InChI is InChI=1S/C13H11Br3O2/c1-2-17-11-4-3-8(14)7-10(11)12(15)9-5-6-18-13(9)16/h3-7,12H,2H2,1H3. The van der Waals surface area contributed by atoms with Gasteiger partial charge >= 0.3 is 0 Å². The van der Waals surface area contributed by atoms with Crippen LogP contribution in [-0.2, 0) is 0 Å². The molecule has 2 nitrogen and oxygen atoms in total. The average Bonchev–Trinajstić information content (AvgIpc) is 2.77. The number of halogens is 3. The summed E-state index contributed by atoms with van der Waals surface area (Å²) in [5.41, 5.74) is 2.10. The van der Waals surface area contributed by atoms with Crippen LogP contribution in [-0.4, -0.2) is 6.61 Å². The molecule has 18 heavy (non-hydrogen) atoms. The maximum atomic E-state index is 5.65. The minimum atomic E-state index is 0.0182. The fraction of sp³-hybridized carbons (Fsp3) is 0.231. The Morgan fingerprint density at radius 3 is 2.61 bits per heavy atom. The van der Waals surface area contributed by atoms with Gasteiger partial charge in [0.05, 0.1) is 17.7 Å². The first-order valence-corrected chi connectivity index (χ1v) is 7.92. The van der Waals surface area contributed by atoms with E-state index in [1.54, 1.807) is 6.26 Å². The lowest BCUT2D eigenvalue weighted by Crippen LogP contribution is -1.99. The number of rotatable bonds is 4. The molecule has 96 valence electrons. The Morgan fingerprint density at radius 2 is 2.00 bits per heavy atom. The number of furan rings is 1. The molecule has 0 bridgehead atoms. The summed E-state index contributed by atoms with van der Waals surface area (Å²) >= 11 is 10.6. The van der Waals surface area contributed by atoms with Gasteiger partial charge in [-0.05, 0) is 47.1 Å². The molecule has 0 aliphatic rings. The molecule has 0 aliphatic heterocycles. The summed E-state index contributed by atoms with van der Waals surface area (Å²) in [5.74, 6) is 0.871. The first-order chi connectivity index (χ1) is 8.63. The van der Waals surface area contributed by atoms with Crippen molar-refractivity contribution < 1.29 is 9.15 Å². The van der Waals surface area contributed by atoms with E-state index in [1.807, 2.05) is 31.2 Å². The Bertz CT molecular complexity index is 537. The molecule has 1 aromatic heterocycles. The molecular weight excluding hydrogens is 428 g/mol. The minimum Gasteiger partial charge on any atom is -0.494 e. The molecular formula is C13H11Br3O2. The van der Waals surface area contributed by atoms with Gasteiger partial charge < -0.3 is 9.15 Å². The topological polar surface area (TPSA) is 22.4 Å². The predicted octanol–water partition coefficient (Wildman–Crippen LogP) is 5.69. The maximum absolute atomic E-state index is 5.65. The second-order valence-corrected chi connectivity index (χ2v) is 6.18. The van der Waals surface area contributed by atoms with Crippen LogP contribution in [0, 0.1) is 0 Å². The van der Waals surface area contributed by atoms with E-state index in [0.29, 0.717) is 6.61 Å². The third kappa shape index (κ3) is 3.00. The Morgan fingerprint density at radius 1 is 1.22 bits per heavy atom. The summed E-state index contributed by atoms with van der Waals surface area (Å²) in [7, 11) is 0. The second-order valence-electron chi connectivity index (χ2n) is 3.63. The molecule has 0 saturated heterocycles. The lowest BCUT2D eigenvalue weighted by atomic mass is 10.1. The molecule has 0 radical (unpaired) electrons. The van der Waals surface area contributed by atoms with Gasteiger partial charge in [-0.1, -0.05) is 31.9 Å². The fourth-order valence-corrected chi connectivity index (χ4v) is 3.53. The largest absolute Gasteiger partial charge is 0.494 e. The maximum Gasteiger partial charge on any atom is 0.173 e. The van der Waals surface area contributed by atoms with Gasteiger partial charge in [0, 0.05) is 15.6 Å². The number of hydrogen-bond donors (Lipinski definition) is 0. The second kappa shape index (κ2) is 6.26. The molecule has 1 atom stereocenters. The highest BCUT2D eigenvalue weighted by Gasteiger charge is 2.19. The van der Waals surface area contributed by atoms with Crippen molar-refractivity contribution in [2.45, 2.75) is 11.8 Å². The molecule has 1 unspecified atom stereocenters. The van der Waals surface area contributed by atoms with Crippen LogP contribution in [0.15, 0.2) is 44.1 Å². The van der Waals surface area contributed by atoms with Gasteiger partial charge in [0.15, 0.2) is 4.67 Å². The van der Waals surface area contributed by atoms with E-state index >= 15 is 0 Å². The van der Waals surface area contributed by atoms with Crippen molar-refractivity contribution in [2.24, 2.45) is 0 Å². The van der Waals surface area contributed by atoms with Crippen LogP contribution in [0.25, 0.3) is 0 Å². The Kier molecular flexibility index (Phi) is 4.92. The lowest BCUT2D eigenvalue weighted by Gasteiger charge is -2.15. The lowest BCUT2D eigenvalue weighted by molar-refractivity contribution is 0.337. The minimum absolute atomic E-state index is 0.0182. The number of hydrogen-bond acceptors (Lipinski definition) is 2. The highest BCUT2D eigenvalue weighted by molar-refractivity contribution is 9.11. The highest BCUT2D eigenvalue weighted by atomic mass is 79.9. The van der Waals surface area contributed by atoms with Gasteiger partial charge in [0.2, 0.25) is 0 Å². The average molecular weight is 439 g/mol. The van der Waals surface area contributed by atoms with Crippen LogP contribution in [0.3, 0.4) is 0 Å². The van der Waals surface area contributed by atoms with Gasteiger partial charge in [0.1, 0.15) is 5.75 Å². The quantitative estimate of drug-likeness (QED) is 0.572. The SMILES string of the molecule is CCOc1ccc(Br)cc1C(Br)c1ccoc1Br. The van der Waals surface area contributed by atoms with Crippen LogP contribution in [0.1, 0.15) is 22.9 Å². The Hall–Kier alpha value is -0.260. The molecule has 2 rings (SSSR count). The van der Waals surface area contributed by atoms with Crippen molar-refractivity contribution in [2.75, 3.05) is 6.61 Å². The van der Waals surface area contributed by atoms with Crippen LogP contribution < -0.4 is 4.74 Å². The van der Waals surface area contributed by atoms with E-state index in [2.05, 4.69) is 47.8 Å². The highest BCUT2D eigenvalue weighted by Crippen LogP contribution is 2.41. The molecule has 0 fully saturated rings. The molecule has 0 aliphatic carbocycles. The van der Waals surface area contributed by atoms with Gasteiger partial charge in [0.25, 0.3) is 0 Å². The van der Waals surface area contributed by atoms with Crippen molar-refractivity contribution in [3.63, 3.8) is 0 Å². The Labute approximate surface area is 131 Å². The number of alkyl halides is 1. The summed E-state index contributed by atoms with van der Waals surface area (Å²) in [5, 5.41) is 0. The summed E-state index contributed by atoms with van der Waals surface area (Å²) in [6.45, 7) is 2.61. The number of ether oxygens (including phenoxy) is 1. The molecule has 0 spiro atoms. The molecule has 2 aromatic rings. The summed E-state index contributed by atoms with van der Waals surface area (Å²) < 4.78 is 12.7. The monoisotopic (exact) mass is 436 g/mol. The van der Waals surface area contributed by atoms with Crippen molar-refractivity contribution in [1.82, 2.24) is 0 Å². The molecule has 0 N–H and O–H groups in total. The molecule has 1 heterocycles. The van der Waals surface area contributed by atoms with E-state index in [0.717, 1.165) is 26.0 Å². The van der Waals surface area contributed by atoms with Crippen LogP contribution in [0.2, 0.25) is 0 Å². The van der Waals surface area contributed by atoms with Crippen molar-refractivity contribution in [3.8, 4) is 5.75 Å². The molecule has 5 heteroatoms. The first kappa shape index (κ1) is 14.2.